The van der Waals surface area contributed by atoms with E-state index in [0.717, 1.165) is 66.0 Å². The first-order chi connectivity index (χ1) is 22.6. The number of rotatable bonds is 7. The van der Waals surface area contributed by atoms with Crippen molar-refractivity contribution in [2.45, 2.75) is 25.4 Å². The predicted octanol–water partition coefficient (Wildman–Crippen LogP) is 6.00. The highest BCUT2D eigenvalue weighted by atomic mass is 16.1. The van der Waals surface area contributed by atoms with Gasteiger partial charge >= 0.3 is 0 Å². The topological polar surface area (TPSA) is 126 Å². The molecule has 0 aliphatic carbocycles. The van der Waals surface area contributed by atoms with Crippen molar-refractivity contribution in [2.75, 3.05) is 18.8 Å². The van der Waals surface area contributed by atoms with Gasteiger partial charge in [0.25, 0.3) is 5.91 Å². The number of hydrogen-bond donors (Lipinski definition) is 2. The van der Waals surface area contributed by atoms with Crippen LogP contribution in [0.15, 0.2) is 109 Å². The van der Waals surface area contributed by atoms with Crippen LogP contribution in [0, 0.1) is 11.3 Å². The number of nitriles is 1. The molecule has 7 rings (SSSR count). The van der Waals surface area contributed by atoms with E-state index in [1.807, 2.05) is 41.1 Å². The quantitative estimate of drug-likeness (QED) is 0.229. The van der Waals surface area contributed by atoms with Crippen LogP contribution in [0.5, 0.6) is 0 Å². The molecule has 1 amide bonds. The number of carbonyl (C=O) groups excluding carboxylic acids is 1. The maximum Gasteiger partial charge on any atom is 0.251 e. The Labute approximate surface area is 267 Å². The van der Waals surface area contributed by atoms with Crippen LogP contribution in [0.4, 0.5) is 5.82 Å². The van der Waals surface area contributed by atoms with Crippen molar-refractivity contribution >= 4 is 22.9 Å². The molecule has 0 unspecified atom stereocenters. The van der Waals surface area contributed by atoms with E-state index in [1.165, 1.54) is 5.56 Å². The van der Waals surface area contributed by atoms with Crippen LogP contribution in [0.25, 0.3) is 39.4 Å². The van der Waals surface area contributed by atoms with Gasteiger partial charge in [-0.1, -0.05) is 48.5 Å². The molecule has 0 spiro atoms. The number of imidazole rings is 1. The van der Waals surface area contributed by atoms with Crippen LogP contribution in [-0.4, -0.2) is 49.5 Å². The van der Waals surface area contributed by atoms with Crippen LogP contribution in [0.1, 0.15) is 34.3 Å². The molecule has 1 aliphatic heterocycles. The molecule has 9 nitrogen and oxygen atoms in total. The first-order valence-electron chi connectivity index (χ1n) is 15.3. The molecule has 3 N–H and O–H groups in total. The summed E-state index contributed by atoms with van der Waals surface area (Å²) in [6, 6.07) is 33.5. The van der Waals surface area contributed by atoms with Crippen LogP contribution < -0.4 is 11.1 Å². The lowest BCUT2D eigenvalue weighted by Gasteiger charge is -2.32. The highest BCUT2D eigenvalue weighted by Crippen LogP contribution is 2.32. The number of piperidine rings is 1. The number of fused-ring (bicyclic) bond motifs is 1. The van der Waals surface area contributed by atoms with E-state index >= 15 is 0 Å². The zero-order chi connectivity index (χ0) is 31.5. The third-order valence-electron chi connectivity index (χ3n) is 8.46. The van der Waals surface area contributed by atoms with Crippen molar-refractivity contribution in [1.82, 2.24) is 29.7 Å². The standard InChI is InChI=1S/C37H32N8O/c38-22-26-6-4-9-28(20-26)37(46)42-30-15-18-44(19-16-30)24-25-11-13-31(14-12-25)45-35(32-10-5-17-40-34(32)39)43-33-21-29(23-41-36(33)45)27-7-2-1-3-8-27/h1-14,17,20-21,23,30H,15-16,18-19,24H2,(H2,39,40)(H,42,46). The molecule has 0 saturated carbocycles. The number of benzene rings is 3. The number of carbonyl (C=O) groups is 1. The van der Waals surface area contributed by atoms with Gasteiger partial charge in [0.1, 0.15) is 11.3 Å². The van der Waals surface area contributed by atoms with Gasteiger partial charge in [-0.2, -0.15) is 5.26 Å². The van der Waals surface area contributed by atoms with Gasteiger partial charge in [-0.3, -0.25) is 14.3 Å². The fraction of sp³-hybridized carbons (Fsp3) is 0.162. The predicted molar refractivity (Wildman–Crippen MR) is 179 cm³/mol. The maximum atomic E-state index is 12.7. The number of likely N-dealkylation sites (tertiary alicyclic amines) is 1. The van der Waals surface area contributed by atoms with E-state index in [-0.39, 0.29) is 11.9 Å². The maximum absolute atomic E-state index is 12.7. The van der Waals surface area contributed by atoms with E-state index in [0.29, 0.717) is 22.8 Å². The van der Waals surface area contributed by atoms with Gasteiger partial charge in [0.05, 0.1) is 17.2 Å². The van der Waals surface area contributed by atoms with Crippen molar-refractivity contribution in [3.8, 4) is 34.3 Å². The van der Waals surface area contributed by atoms with Crippen molar-refractivity contribution in [2.24, 2.45) is 0 Å². The average Bonchev–Trinajstić information content (AvgIpc) is 3.48. The minimum absolute atomic E-state index is 0.111. The number of nitrogen functional groups attached to an aromatic ring is 1. The van der Waals surface area contributed by atoms with E-state index in [9.17, 15) is 4.79 Å². The zero-order valence-corrected chi connectivity index (χ0v) is 25.2. The van der Waals surface area contributed by atoms with Crippen molar-refractivity contribution in [1.29, 1.82) is 5.26 Å². The normalized spacial score (nSPS) is 13.8. The van der Waals surface area contributed by atoms with Gasteiger partial charge in [-0.05, 0) is 72.5 Å². The van der Waals surface area contributed by atoms with Crippen LogP contribution in [-0.2, 0) is 6.54 Å². The van der Waals surface area contributed by atoms with Gasteiger partial charge in [0.15, 0.2) is 11.5 Å². The van der Waals surface area contributed by atoms with Crippen molar-refractivity contribution in [3.05, 3.63) is 126 Å². The average molecular weight is 605 g/mol. The first kappa shape index (κ1) is 28.9. The Morgan fingerprint density at radius 3 is 2.48 bits per heavy atom. The summed E-state index contributed by atoms with van der Waals surface area (Å²) in [6.07, 6.45) is 5.30. The van der Waals surface area contributed by atoms with Crippen LogP contribution in [0.3, 0.4) is 0 Å². The Morgan fingerprint density at radius 2 is 1.72 bits per heavy atom. The smallest absolute Gasteiger partial charge is 0.251 e. The molecule has 46 heavy (non-hydrogen) atoms. The Bertz CT molecular complexity index is 2060. The Balaban J connectivity index is 1.08. The Hall–Kier alpha value is -5.85. The molecule has 1 fully saturated rings. The van der Waals surface area contributed by atoms with Gasteiger partial charge in [0, 0.05) is 54.9 Å². The Kier molecular flexibility index (Phi) is 7.94. The number of amides is 1. The summed E-state index contributed by atoms with van der Waals surface area (Å²) < 4.78 is 2.04. The fourth-order valence-electron chi connectivity index (χ4n) is 6.03. The SMILES string of the molecule is N#Cc1cccc(C(=O)NC2CCN(Cc3ccc(-n4c(-c5cccnc5N)nc5cc(-c6ccccc6)cnc54)cc3)CC2)c1. The van der Waals surface area contributed by atoms with Crippen LogP contribution >= 0.6 is 0 Å². The molecule has 3 aromatic heterocycles. The molecule has 226 valence electrons. The summed E-state index contributed by atoms with van der Waals surface area (Å²) in [5.74, 6) is 0.972. The molecular formula is C37H32N8O. The van der Waals surface area contributed by atoms with Gasteiger partial charge in [-0.25, -0.2) is 15.0 Å². The van der Waals surface area contributed by atoms with E-state index in [2.05, 4.69) is 63.7 Å². The number of nitrogens with two attached hydrogens (primary N) is 1. The fourth-order valence-corrected chi connectivity index (χ4v) is 6.03. The minimum Gasteiger partial charge on any atom is -0.383 e. The number of hydrogen-bond acceptors (Lipinski definition) is 7. The molecule has 0 bridgehead atoms. The lowest BCUT2D eigenvalue weighted by molar-refractivity contribution is 0.0909. The monoisotopic (exact) mass is 604 g/mol. The molecule has 1 saturated heterocycles. The molecule has 0 atom stereocenters. The van der Waals surface area contributed by atoms with Crippen molar-refractivity contribution < 1.29 is 4.79 Å². The van der Waals surface area contributed by atoms with E-state index in [4.69, 9.17) is 21.0 Å². The lowest BCUT2D eigenvalue weighted by atomic mass is 10.0. The number of nitrogens with zero attached hydrogens (tertiary/aromatic N) is 6. The highest BCUT2D eigenvalue weighted by molar-refractivity contribution is 5.94. The number of aromatic nitrogens is 4. The third kappa shape index (κ3) is 5.94. The summed E-state index contributed by atoms with van der Waals surface area (Å²) in [7, 11) is 0. The second-order valence-corrected chi connectivity index (χ2v) is 11.5. The summed E-state index contributed by atoms with van der Waals surface area (Å²) in [5.41, 5.74) is 13.8. The zero-order valence-electron chi connectivity index (χ0n) is 25.2. The van der Waals surface area contributed by atoms with Gasteiger partial charge in [-0.15, -0.1) is 0 Å². The van der Waals surface area contributed by atoms with Gasteiger partial charge < -0.3 is 11.1 Å². The number of nitrogens with one attached hydrogen (secondary N) is 1. The second-order valence-electron chi connectivity index (χ2n) is 11.5. The molecule has 0 radical (unpaired) electrons. The molecule has 6 aromatic rings. The van der Waals surface area contributed by atoms with Crippen molar-refractivity contribution in [3.63, 3.8) is 0 Å². The lowest BCUT2D eigenvalue weighted by Crippen LogP contribution is -2.44. The molecule has 9 heteroatoms. The second kappa shape index (κ2) is 12.6. The molecule has 3 aromatic carbocycles. The number of anilines is 1. The van der Waals surface area contributed by atoms with Crippen LogP contribution in [0.2, 0.25) is 0 Å². The first-order valence-corrected chi connectivity index (χ1v) is 15.3. The summed E-state index contributed by atoms with van der Waals surface area (Å²) in [4.78, 5) is 29.3. The molecular weight excluding hydrogens is 572 g/mol. The highest BCUT2D eigenvalue weighted by Gasteiger charge is 2.22. The largest absolute Gasteiger partial charge is 0.383 e. The van der Waals surface area contributed by atoms with Gasteiger partial charge in [0.2, 0.25) is 0 Å². The summed E-state index contributed by atoms with van der Waals surface area (Å²) in [5, 5.41) is 12.3. The molecule has 4 heterocycles. The van der Waals surface area contributed by atoms with E-state index in [1.54, 1.807) is 30.5 Å². The minimum atomic E-state index is -0.128. The summed E-state index contributed by atoms with van der Waals surface area (Å²) in [6.45, 7) is 2.58. The Morgan fingerprint density at radius 1 is 0.913 bits per heavy atom. The third-order valence-corrected chi connectivity index (χ3v) is 8.46. The van der Waals surface area contributed by atoms with E-state index < -0.39 is 0 Å². The molecule has 1 aliphatic rings. The summed E-state index contributed by atoms with van der Waals surface area (Å²) >= 11 is 0. The number of pyridine rings is 2.